The molecule has 5 nitrogen and oxygen atoms in total. The van der Waals surface area contributed by atoms with Crippen LogP contribution in [0.2, 0.25) is 0 Å². The van der Waals surface area contributed by atoms with Crippen LogP contribution in [-0.4, -0.2) is 24.5 Å². The molecule has 0 saturated heterocycles. The van der Waals surface area contributed by atoms with Crippen LogP contribution in [0.15, 0.2) is 42.6 Å². The maximum absolute atomic E-state index is 12.2. The summed E-state index contributed by atoms with van der Waals surface area (Å²) in [5.74, 6) is 1.26. The molecule has 0 spiro atoms. The van der Waals surface area contributed by atoms with Crippen molar-refractivity contribution in [1.29, 1.82) is 0 Å². The fourth-order valence-corrected chi connectivity index (χ4v) is 2.19. The molecule has 2 aromatic rings. The van der Waals surface area contributed by atoms with Crippen molar-refractivity contribution in [3.8, 4) is 5.75 Å². The summed E-state index contributed by atoms with van der Waals surface area (Å²) in [5.41, 5.74) is 2.34. The lowest BCUT2D eigenvalue weighted by Gasteiger charge is -2.10. The molecule has 2 rings (SSSR count). The molecule has 1 aromatic heterocycles. The first kappa shape index (κ1) is 17.8. The molecule has 1 aromatic carbocycles. The van der Waals surface area contributed by atoms with Crippen LogP contribution in [0.3, 0.4) is 0 Å². The third-order valence-corrected chi connectivity index (χ3v) is 3.66. The summed E-state index contributed by atoms with van der Waals surface area (Å²) < 4.78 is 5.12. The maximum Gasteiger partial charge on any atom is 0.270 e. The fourth-order valence-electron chi connectivity index (χ4n) is 2.19. The van der Waals surface area contributed by atoms with Crippen molar-refractivity contribution < 1.29 is 9.53 Å². The summed E-state index contributed by atoms with van der Waals surface area (Å²) >= 11 is 0. The number of anilines is 1. The first-order chi connectivity index (χ1) is 11.6. The Balaban J connectivity index is 1.89. The van der Waals surface area contributed by atoms with Crippen LogP contribution < -0.4 is 15.4 Å². The molecular formula is C19H25N3O2. The molecule has 0 bridgehead atoms. The quantitative estimate of drug-likeness (QED) is 0.779. The second-order valence-electron chi connectivity index (χ2n) is 6.07. The lowest BCUT2D eigenvalue weighted by molar-refractivity contribution is 0.0946. The summed E-state index contributed by atoms with van der Waals surface area (Å²) in [4.78, 5) is 16.4. The van der Waals surface area contributed by atoms with E-state index in [0.717, 1.165) is 30.0 Å². The predicted octanol–water partition coefficient (Wildman–Crippen LogP) is 3.48. The van der Waals surface area contributed by atoms with E-state index in [-0.39, 0.29) is 5.91 Å². The van der Waals surface area contributed by atoms with Crippen molar-refractivity contribution in [2.24, 2.45) is 5.92 Å². The van der Waals surface area contributed by atoms with Crippen molar-refractivity contribution in [3.63, 3.8) is 0 Å². The van der Waals surface area contributed by atoms with Crippen molar-refractivity contribution in [2.45, 2.75) is 26.8 Å². The average molecular weight is 327 g/mol. The van der Waals surface area contributed by atoms with E-state index in [9.17, 15) is 4.79 Å². The topological polar surface area (TPSA) is 63.2 Å². The van der Waals surface area contributed by atoms with Crippen LogP contribution in [0.4, 0.5) is 5.69 Å². The minimum absolute atomic E-state index is 0.182. The van der Waals surface area contributed by atoms with Gasteiger partial charge in [-0.2, -0.15) is 0 Å². The highest BCUT2D eigenvalue weighted by Crippen LogP contribution is 2.12. The number of methoxy groups -OCH3 is 1. The van der Waals surface area contributed by atoms with Crippen LogP contribution in [0.1, 0.15) is 36.3 Å². The van der Waals surface area contributed by atoms with Gasteiger partial charge in [0.1, 0.15) is 11.4 Å². The van der Waals surface area contributed by atoms with Crippen LogP contribution in [-0.2, 0) is 6.54 Å². The van der Waals surface area contributed by atoms with Crippen LogP contribution in [0, 0.1) is 5.92 Å². The van der Waals surface area contributed by atoms with E-state index < -0.39 is 0 Å². The highest BCUT2D eigenvalue weighted by molar-refractivity contribution is 5.93. The van der Waals surface area contributed by atoms with Crippen LogP contribution in [0.25, 0.3) is 0 Å². The summed E-state index contributed by atoms with van der Waals surface area (Å²) in [7, 11) is 1.63. The summed E-state index contributed by atoms with van der Waals surface area (Å²) in [6.45, 7) is 5.71. The number of pyridine rings is 1. The molecule has 0 fully saturated rings. The van der Waals surface area contributed by atoms with Gasteiger partial charge in [-0.05, 0) is 42.2 Å². The van der Waals surface area contributed by atoms with Gasteiger partial charge in [-0.1, -0.05) is 26.0 Å². The van der Waals surface area contributed by atoms with Gasteiger partial charge in [0, 0.05) is 25.0 Å². The zero-order valence-electron chi connectivity index (χ0n) is 14.5. The number of amides is 1. The van der Waals surface area contributed by atoms with Crippen LogP contribution in [0.5, 0.6) is 5.75 Å². The second kappa shape index (κ2) is 8.91. The van der Waals surface area contributed by atoms with Crippen molar-refractivity contribution in [1.82, 2.24) is 10.3 Å². The van der Waals surface area contributed by atoms with Gasteiger partial charge in [-0.3, -0.25) is 9.78 Å². The average Bonchev–Trinajstić information content (AvgIpc) is 2.60. The van der Waals surface area contributed by atoms with Gasteiger partial charge < -0.3 is 15.4 Å². The fraction of sp³-hybridized carbons (Fsp3) is 0.368. The molecule has 128 valence electrons. The lowest BCUT2D eigenvalue weighted by atomic mass is 10.1. The van der Waals surface area contributed by atoms with E-state index in [1.165, 1.54) is 0 Å². The monoisotopic (exact) mass is 327 g/mol. The number of carbonyl (C=O) groups excluding carboxylic acids is 1. The molecular weight excluding hydrogens is 302 g/mol. The second-order valence-corrected chi connectivity index (χ2v) is 6.07. The molecule has 0 aliphatic heterocycles. The SMILES string of the molecule is COc1ccc(CNC(=O)c2cc(NCCC(C)C)ccn2)cc1. The third-order valence-electron chi connectivity index (χ3n) is 3.66. The molecule has 2 N–H and O–H groups in total. The Morgan fingerprint density at radius 2 is 1.96 bits per heavy atom. The number of carbonyl (C=O) groups is 1. The normalized spacial score (nSPS) is 10.5. The zero-order chi connectivity index (χ0) is 17.4. The van der Waals surface area contributed by atoms with Crippen molar-refractivity contribution >= 4 is 11.6 Å². The lowest BCUT2D eigenvalue weighted by Crippen LogP contribution is -2.23. The smallest absolute Gasteiger partial charge is 0.270 e. The predicted molar refractivity (Wildman–Crippen MR) is 96.3 cm³/mol. The Labute approximate surface area is 143 Å². The number of nitrogens with one attached hydrogen (secondary N) is 2. The number of hydrogen-bond donors (Lipinski definition) is 2. The largest absolute Gasteiger partial charge is 0.497 e. The number of hydrogen-bond acceptors (Lipinski definition) is 4. The van der Waals surface area contributed by atoms with E-state index in [1.807, 2.05) is 30.3 Å². The molecule has 1 amide bonds. The summed E-state index contributed by atoms with van der Waals surface area (Å²) in [5, 5.41) is 6.21. The maximum atomic E-state index is 12.2. The highest BCUT2D eigenvalue weighted by atomic mass is 16.5. The van der Waals surface area contributed by atoms with Crippen LogP contribution >= 0.6 is 0 Å². The summed E-state index contributed by atoms with van der Waals surface area (Å²) in [6.07, 6.45) is 2.74. The molecule has 0 atom stereocenters. The van der Waals surface area contributed by atoms with E-state index in [4.69, 9.17) is 4.74 Å². The Hall–Kier alpha value is -2.56. The first-order valence-corrected chi connectivity index (χ1v) is 8.19. The van der Waals surface area contributed by atoms with E-state index in [0.29, 0.717) is 18.2 Å². The van der Waals surface area contributed by atoms with Gasteiger partial charge in [-0.15, -0.1) is 0 Å². The van der Waals surface area contributed by atoms with Gasteiger partial charge >= 0.3 is 0 Å². The summed E-state index contributed by atoms with van der Waals surface area (Å²) in [6, 6.07) is 11.3. The van der Waals surface area contributed by atoms with Gasteiger partial charge in [0.25, 0.3) is 5.91 Å². The molecule has 0 radical (unpaired) electrons. The number of rotatable bonds is 8. The molecule has 5 heteroatoms. The highest BCUT2D eigenvalue weighted by Gasteiger charge is 2.08. The molecule has 1 heterocycles. The van der Waals surface area contributed by atoms with Gasteiger partial charge in [0.2, 0.25) is 0 Å². The van der Waals surface area contributed by atoms with E-state index in [2.05, 4.69) is 29.5 Å². The third kappa shape index (κ3) is 5.57. The Kier molecular flexibility index (Phi) is 6.61. The molecule has 0 unspecified atom stereocenters. The number of nitrogens with zero attached hydrogens (tertiary/aromatic N) is 1. The van der Waals surface area contributed by atoms with E-state index >= 15 is 0 Å². The molecule has 0 aliphatic rings. The Bertz CT molecular complexity index is 654. The van der Waals surface area contributed by atoms with Gasteiger partial charge in [0.05, 0.1) is 7.11 Å². The number of ether oxygens (including phenoxy) is 1. The minimum atomic E-state index is -0.182. The number of aromatic nitrogens is 1. The zero-order valence-corrected chi connectivity index (χ0v) is 14.5. The van der Waals surface area contributed by atoms with Crippen molar-refractivity contribution in [3.05, 3.63) is 53.9 Å². The first-order valence-electron chi connectivity index (χ1n) is 8.19. The molecule has 0 aliphatic carbocycles. The minimum Gasteiger partial charge on any atom is -0.497 e. The number of benzene rings is 1. The Morgan fingerprint density at radius 1 is 1.21 bits per heavy atom. The van der Waals surface area contributed by atoms with E-state index in [1.54, 1.807) is 19.4 Å². The Morgan fingerprint density at radius 3 is 2.62 bits per heavy atom. The standard InChI is InChI=1S/C19H25N3O2/c1-14(2)8-10-20-16-9-11-21-18(12-16)19(23)22-13-15-4-6-17(24-3)7-5-15/h4-7,9,11-12,14H,8,10,13H2,1-3H3,(H,20,21)(H,22,23). The van der Waals surface area contributed by atoms with Gasteiger partial charge in [-0.25, -0.2) is 0 Å². The molecule has 0 saturated carbocycles. The van der Waals surface area contributed by atoms with Crippen molar-refractivity contribution in [2.75, 3.05) is 19.0 Å². The molecule has 24 heavy (non-hydrogen) atoms. The van der Waals surface area contributed by atoms with Gasteiger partial charge in [0.15, 0.2) is 0 Å².